The summed E-state index contributed by atoms with van der Waals surface area (Å²) in [6, 6.07) is 9.26. The van der Waals surface area contributed by atoms with Crippen molar-refractivity contribution in [2.75, 3.05) is 26.2 Å². The second kappa shape index (κ2) is 7.34. The number of hydrogen-bond acceptors (Lipinski definition) is 6. The molecule has 2 atom stereocenters. The van der Waals surface area contributed by atoms with E-state index in [0.717, 1.165) is 19.6 Å². The number of nitrogens with zero attached hydrogens (tertiary/aromatic N) is 3. The smallest absolute Gasteiger partial charge is 0.257 e. The van der Waals surface area contributed by atoms with Crippen LogP contribution in [0.3, 0.4) is 0 Å². The van der Waals surface area contributed by atoms with Gasteiger partial charge >= 0.3 is 0 Å². The molecule has 2 aliphatic rings. The molecule has 4 rings (SSSR count). The molecular formula is C19H20N4OS2. The van der Waals surface area contributed by atoms with E-state index in [-0.39, 0.29) is 10.7 Å². The maximum absolute atomic E-state index is 12.5. The first-order chi connectivity index (χ1) is 12.7. The molecule has 3 heterocycles. The largest absolute Gasteiger partial charge is 0.301 e. The maximum Gasteiger partial charge on any atom is 0.257 e. The number of hydrogen-bond donors (Lipinski definition) is 1. The number of nitrogens with one attached hydrogen (secondary N) is 1. The highest BCUT2D eigenvalue weighted by Crippen LogP contribution is 2.51. The van der Waals surface area contributed by atoms with Gasteiger partial charge in [-0.15, -0.1) is 17.9 Å². The van der Waals surface area contributed by atoms with Crippen molar-refractivity contribution in [2.24, 2.45) is 10.9 Å². The van der Waals surface area contributed by atoms with Crippen LogP contribution in [0.25, 0.3) is 0 Å². The lowest BCUT2D eigenvalue weighted by Crippen LogP contribution is -2.42. The number of amidine groups is 1. The predicted octanol–water partition coefficient (Wildman–Crippen LogP) is 2.99. The van der Waals surface area contributed by atoms with Crippen LogP contribution in [0.15, 0.2) is 59.7 Å². The van der Waals surface area contributed by atoms with Gasteiger partial charge in [-0.2, -0.15) is 0 Å². The summed E-state index contributed by atoms with van der Waals surface area (Å²) in [5.41, 5.74) is 2.52. The SMILES string of the molecule is C=CCN1CC2CN=C(NC(=O)c3ccccc3)SC2(c2cncs2)C1. The zero-order chi connectivity index (χ0) is 18.0. The van der Waals surface area contributed by atoms with Gasteiger partial charge in [0.05, 0.1) is 10.3 Å². The molecule has 7 heteroatoms. The molecule has 1 aromatic heterocycles. The van der Waals surface area contributed by atoms with Gasteiger partial charge in [-0.05, 0) is 12.1 Å². The number of carbonyl (C=O) groups excluding carboxylic acids is 1. The Morgan fingerprint density at radius 3 is 3.00 bits per heavy atom. The van der Waals surface area contributed by atoms with Gasteiger partial charge in [0.15, 0.2) is 5.17 Å². The monoisotopic (exact) mass is 384 g/mol. The van der Waals surface area contributed by atoms with Crippen LogP contribution in [0.1, 0.15) is 15.2 Å². The molecule has 2 aromatic rings. The van der Waals surface area contributed by atoms with Crippen molar-refractivity contribution >= 4 is 34.2 Å². The first-order valence-electron chi connectivity index (χ1n) is 8.53. The number of amides is 1. The van der Waals surface area contributed by atoms with E-state index in [1.807, 2.05) is 48.1 Å². The number of benzene rings is 1. The lowest BCUT2D eigenvalue weighted by molar-refractivity contribution is 0.0977. The van der Waals surface area contributed by atoms with Gasteiger partial charge in [-0.3, -0.25) is 19.7 Å². The summed E-state index contributed by atoms with van der Waals surface area (Å²) < 4.78 is -0.106. The number of thioether (sulfide) groups is 1. The first-order valence-corrected chi connectivity index (χ1v) is 10.2. The summed E-state index contributed by atoms with van der Waals surface area (Å²) in [4.78, 5) is 25.1. The third-order valence-corrected chi connectivity index (χ3v) is 7.37. The lowest BCUT2D eigenvalue weighted by Gasteiger charge is -2.35. The average Bonchev–Trinajstić information content (AvgIpc) is 3.30. The molecule has 0 spiro atoms. The lowest BCUT2D eigenvalue weighted by atomic mass is 9.93. The number of carbonyl (C=O) groups is 1. The van der Waals surface area contributed by atoms with Gasteiger partial charge in [0, 0.05) is 48.7 Å². The minimum atomic E-state index is -0.115. The maximum atomic E-state index is 12.5. The van der Waals surface area contributed by atoms with Crippen molar-refractivity contribution in [1.29, 1.82) is 0 Å². The molecule has 1 N–H and O–H groups in total. The summed E-state index contributed by atoms with van der Waals surface area (Å²) in [6.45, 7) is 7.35. The fourth-order valence-electron chi connectivity index (χ4n) is 3.60. The standard InChI is InChI=1S/C19H20N4OS2/c1-2-8-23-11-15-9-21-18(22-17(24)14-6-4-3-5-7-14)26-19(15,12-23)16-10-20-13-25-16/h2-7,10,13,15H,1,8-9,11-12H2,(H,21,22,24). The molecule has 26 heavy (non-hydrogen) atoms. The van der Waals surface area contributed by atoms with Crippen LogP contribution in [0.2, 0.25) is 0 Å². The summed E-state index contributed by atoms with van der Waals surface area (Å²) in [7, 11) is 0. The second-order valence-corrected chi connectivity index (χ2v) is 8.71. The normalized spacial score (nSPS) is 25.4. The van der Waals surface area contributed by atoms with Gasteiger partial charge in [0.1, 0.15) is 0 Å². The van der Waals surface area contributed by atoms with Gasteiger partial charge in [0.25, 0.3) is 5.91 Å². The van der Waals surface area contributed by atoms with Gasteiger partial charge in [-0.25, -0.2) is 0 Å². The van der Waals surface area contributed by atoms with E-state index in [2.05, 4.69) is 26.8 Å². The quantitative estimate of drug-likeness (QED) is 0.824. The average molecular weight is 385 g/mol. The van der Waals surface area contributed by atoms with E-state index in [1.165, 1.54) is 4.88 Å². The Hall–Kier alpha value is -1.96. The third kappa shape index (κ3) is 3.22. The highest BCUT2D eigenvalue weighted by atomic mass is 32.2. The molecule has 1 fully saturated rings. The Labute approximate surface area is 161 Å². The van der Waals surface area contributed by atoms with Crippen LogP contribution in [0, 0.1) is 5.92 Å². The minimum Gasteiger partial charge on any atom is -0.301 e. The molecule has 0 aliphatic carbocycles. The highest BCUT2D eigenvalue weighted by molar-refractivity contribution is 8.14. The van der Waals surface area contributed by atoms with Crippen LogP contribution in [-0.2, 0) is 4.75 Å². The number of likely N-dealkylation sites (tertiary alicyclic amines) is 1. The number of thiazole rings is 1. The Morgan fingerprint density at radius 1 is 1.42 bits per heavy atom. The highest BCUT2D eigenvalue weighted by Gasteiger charge is 2.51. The van der Waals surface area contributed by atoms with E-state index >= 15 is 0 Å². The third-order valence-electron chi connectivity index (χ3n) is 4.82. The molecular weight excluding hydrogens is 364 g/mol. The van der Waals surface area contributed by atoms with Crippen LogP contribution in [-0.4, -0.2) is 47.1 Å². The number of aliphatic imine (C=N–C) groups is 1. The van der Waals surface area contributed by atoms with Crippen molar-refractivity contribution < 1.29 is 4.79 Å². The number of fused-ring (bicyclic) bond motifs is 1. The van der Waals surface area contributed by atoms with Crippen LogP contribution >= 0.6 is 23.1 Å². The summed E-state index contributed by atoms with van der Waals surface area (Å²) in [5, 5.41) is 3.70. The molecule has 2 aliphatic heterocycles. The molecule has 1 aromatic carbocycles. The fraction of sp³-hybridized carbons (Fsp3) is 0.316. The summed E-state index contributed by atoms with van der Waals surface area (Å²) >= 11 is 3.35. The molecule has 0 saturated carbocycles. The Kier molecular flexibility index (Phi) is 4.93. The van der Waals surface area contributed by atoms with Crippen molar-refractivity contribution in [1.82, 2.24) is 15.2 Å². The van der Waals surface area contributed by atoms with E-state index in [4.69, 9.17) is 0 Å². The predicted molar refractivity (Wildman–Crippen MR) is 108 cm³/mol. The van der Waals surface area contributed by atoms with E-state index in [1.54, 1.807) is 23.1 Å². The topological polar surface area (TPSA) is 57.6 Å². The molecule has 2 unspecified atom stereocenters. The Bertz CT molecular complexity index is 821. The zero-order valence-corrected chi connectivity index (χ0v) is 15.9. The van der Waals surface area contributed by atoms with Crippen molar-refractivity contribution in [3.05, 3.63) is 65.1 Å². The molecule has 1 amide bonds. The van der Waals surface area contributed by atoms with E-state index in [0.29, 0.717) is 23.2 Å². The van der Waals surface area contributed by atoms with Crippen molar-refractivity contribution in [2.45, 2.75) is 4.75 Å². The minimum absolute atomic E-state index is 0.106. The Balaban J connectivity index is 1.57. The van der Waals surface area contributed by atoms with E-state index < -0.39 is 0 Å². The van der Waals surface area contributed by atoms with Crippen molar-refractivity contribution in [3.8, 4) is 0 Å². The molecule has 0 radical (unpaired) electrons. The van der Waals surface area contributed by atoms with Crippen LogP contribution in [0.4, 0.5) is 0 Å². The molecule has 0 bridgehead atoms. The van der Waals surface area contributed by atoms with E-state index in [9.17, 15) is 4.79 Å². The van der Waals surface area contributed by atoms with Crippen LogP contribution < -0.4 is 5.32 Å². The summed E-state index contributed by atoms with van der Waals surface area (Å²) in [5.74, 6) is 0.293. The number of aromatic nitrogens is 1. The fourth-order valence-corrected chi connectivity index (χ4v) is 6.00. The first kappa shape index (κ1) is 17.5. The van der Waals surface area contributed by atoms with Gasteiger partial charge in [-0.1, -0.05) is 36.0 Å². The molecule has 134 valence electrons. The van der Waals surface area contributed by atoms with Crippen LogP contribution in [0.5, 0.6) is 0 Å². The molecule has 1 saturated heterocycles. The second-order valence-electron chi connectivity index (χ2n) is 6.50. The Morgan fingerprint density at radius 2 is 2.27 bits per heavy atom. The van der Waals surface area contributed by atoms with Gasteiger partial charge < -0.3 is 5.32 Å². The molecule has 5 nitrogen and oxygen atoms in total. The summed E-state index contributed by atoms with van der Waals surface area (Å²) in [6.07, 6.45) is 3.91. The number of rotatable bonds is 4. The van der Waals surface area contributed by atoms with Crippen molar-refractivity contribution in [3.63, 3.8) is 0 Å². The zero-order valence-electron chi connectivity index (χ0n) is 14.3. The van der Waals surface area contributed by atoms with Gasteiger partial charge in [0.2, 0.25) is 0 Å².